The number of aromatic nitrogens is 3. The molecule has 10 nitrogen and oxygen atoms in total. The zero-order valence-corrected chi connectivity index (χ0v) is 23.0. The van der Waals surface area contributed by atoms with Crippen LogP contribution in [0.5, 0.6) is 5.88 Å². The molecule has 2 aromatic carbocycles. The molecule has 0 radical (unpaired) electrons. The number of aliphatic hydroxyl groups excluding tert-OH is 1. The van der Waals surface area contributed by atoms with Crippen molar-refractivity contribution in [3.05, 3.63) is 95.1 Å². The number of hydrogen-bond acceptors (Lipinski definition) is 7. The van der Waals surface area contributed by atoms with Crippen molar-refractivity contribution in [1.29, 1.82) is 0 Å². The van der Waals surface area contributed by atoms with E-state index in [1.165, 1.54) is 6.07 Å². The molecule has 42 heavy (non-hydrogen) atoms. The van der Waals surface area contributed by atoms with E-state index < -0.39 is 29.9 Å². The van der Waals surface area contributed by atoms with Gasteiger partial charge in [0, 0.05) is 48.0 Å². The Kier molecular flexibility index (Phi) is 7.26. The van der Waals surface area contributed by atoms with Crippen molar-refractivity contribution in [2.75, 3.05) is 5.32 Å². The largest absolute Gasteiger partial charge is 0.474 e. The van der Waals surface area contributed by atoms with Crippen molar-refractivity contribution in [2.45, 2.75) is 51.6 Å². The first-order valence-corrected chi connectivity index (χ1v) is 13.7. The summed E-state index contributed by atoms with van der Waals surface area (Å²) < 4.78 is 22.6. The summed E-state index contributed by atoms with van der Waals surface area (Å²) in [5, 5.41) is 19.7. The lowest BCUT2D eigenvalue weighted by Gasteiger charge is -2.22. The minimum atomic E-state index is -1.38. The van der Waals surface area contributed by atoms with E-state index in [1.807, 2.05) is 25.1 Å². The number of halogens is 1. The molecule has 214 valence electrons. The van der Waals surface area contributed by atoms with Crippen LogP contribution in [0.25, 0.3) is 11.3 Å². The Morgan fingerprint density at radius 3 is 2.71 bits per heavy atom. The molecular formula is C31H29FN6O4. The number of benzene rings is 2. The Labute approximate surface area is 241 Å². The summed E-state index contributed by atoms with van der Waals surface area (Å²) in [6, 6.07) is 17.1. The average molecular weight is 569 g/mol. The zero-order valence-electron chi connectivity index (χ0n) is 23.0. The maximum absolute atomic E-state index is 14.9. The topological polar surface area (TPSA) is 131 Å². The van der Waals surface area contributed by atoms with Crippen LogP contribution < -0.4 is 15.4 Å². The van der Waals surface area contributed by atoms with E-state index in [0.29, 0.717) is 53.2 Å². The second-order valence-electron chi connectivity index (χ2n) is 10.4. The van der Waals surface area contributed by atoms with Crippen LogP contribution in [0.4, 0.5) is 10.1 Å². The van der Waals surface area contributed by atoms with Crippen molar-refractivity contribution in [1.82, 2.24) is 20.1 Å². The van der Waals surface area contributed by atoms with Crippen molar-refractivity contribution >= 4 is 23.2 Å². The number of amides is 2. The number of aliphatic imine (C=N–C) groups is 1. The van der Waals surface area contributed by atoms with Gasteiger partial charge in [-0.05, 0) is 32.0 Å². The molecule has 0 fully saturated rings. The Hall–Kier alpha value is -4.90. The van der Waals surface area contributed by atoms with Crippen LogP contribution in [0.1, 0.15) is 47.4 Å². The van der Waals surface area contributed by atoms with Crippen LogP contribution in [0, 0.1) is 5.82 Å². The lowest BCUT2D eigenvalue weighted by Crippen LogP contribution is -2.42. The Balaban J connectivity index is 1.40. The monoisotopic (exact) mass is 568 g/mol. The molecule has 11 heteroatoms. The number of pyridine rings is 1. The lowest BCUT2D eigenvalue weighted by atomic mass is 10.0. The molecule has 0 aliphatic carbocycles. The summed E-state index contributed by atoms with van der Waals surface area (Å²) in [6.07, 6.45) is 0.606. The van der Waals surface area contributed by atoms with E-state index in [1.54, 1.807) is 54.2 Å². The number of hydrogen-bond donors (Lipinski definition) is 3. The summed E-state index contributed by atoms with van der Waals surface area (Å²) >= 11 is 0. The fourth-order valence-corrected chi connectivity index (χ4v) is 5.08. The van der Waals surface area contributed by atoms with Gasteiger partial charge in [-0.2, -0.15) is 5.10 Å². The smallest absolute Gasteiger partial charge is 0.269 e. The third kappa shape index (κ3) is 5.26. The lowest BCUT2D eigenvalue weighted by molar-refractivity contribution is -0.117. The SMILES string of the molecule is CC(O)Cc1ccc(-c2nn3c(c2C(=O)N[C@H]2N=C(c4ccccc4)c4cccc(F)c4NC2=O)O[C@H](C)CC3)cn1. The van der Waals surface area contributed by atoms with Gasteiger partial charge in [0.2, 0.25) is 12.0 Å². The summed E-state index contributed by atoms with van der Waals surface area (Å²) in [5.41, 5.74) is 3.14. The molecule has 0 saturated carbocycles. The number of aryl methyl sites for hydroxylation is 1. The molecule has 3 atom stereocenters. The van der Waals surface area contributed by atoms with Gasteiger partial charge in [0.05, 0.1) is 23.6 Å². The minimum Gasteiger partial charge on any atom is -0.474 e. The fraction of sp³-hybridized carbons (Fsp3) is 0.258. The number of nitrogens with one attached hydrogen (secondary N) is 2. The number of carbonyl (C=O) groups is 2. The molecule has 2 aliphatic heterocycles. The molecular weight excluding hydrogens is 539 g/mol. The molecule has 3 N–H and O–H groups in total. The first-order chi connectivity index (χ1) is 20.3. The number of ether oxygens (including phenoxy) is 1. The van der Waals surface area contributed by atoms with E-state index in [9.17, 15) is 19.1 Å². The molecule has 2 aromatic heterocycles. The number of anilines is 1. The van der Waals surface area contributed by atoms with Crippen LogP contribution in [0.3, 0.4) is 0 Å². The van der Waals surface area contributed by atoms with Gasteiger partial charge in [-0.25, -0.2) is 14.1 Å². The highest BCUT2D eigenvalue weighted by molar-refractivity contribution is 6.20. The van der Waals surface area contributed by atoms with Gasteiger partial charge in [-0.15, -0.1) is 0 Å². The highest BCUT2D eigenvalue weighted by Gasteiger charge is 2.34. The maximum Gasteiger partial charge on any atom is 0.269 e. The normalized spacial score (nSPS) is 18.5. The van der Waals surface area contributed by atoms with E-state index in [2.05, 4.69) is 25.7 Å². The minimum absolute atomic E-state index is 0.00836. The number of fused-ring (bicyclic) bond motifs is 2. The van der Waals surface area contributed by atoms with Crippen molar-refractivity contribution in [2.24, 2.45) is 4.99 Å². The summed E-state index contributed by atoms with van der Waals surface area (Å²) in [4.78, 5) is 36.4. The van der Waals surface area contributed by atoms with Gasteiger partial charge in [-0.1, -0.05) is 42.5 Å². The van der Waals surface area contributed by atoms with Crippen molar-refractivity contribution in [3.8, 4) is 17.1 Å². The molecule has 4 aromatic rings. The first-order valence-electron chi connectivity index (χ1n) is 13.7. The Bertz CT molecular complexity index is 1680. The number of carbonyl (C=O) groups excluding carboxylic acids is 2. The van der Waals surface area contributed by atoms with Gasteiger partial charge in [-0.3, -0.25) is 14.6 Å². The van der Waals surface area contributed by atoms with Crippen LogP contribution >= 0.6 is 0 Å². The summed E-state index contributed by atoms with van der Waals surface area (Å²) in [5.74, 6) is -1.65. The predicted octanol–water partition coefficient (Wildman–Crippen LogP) is 3.72. The highest BCUT2D eigenvalue weighted by atomic mass is 19.1. The predicted molar refractivity (Wildman–Crippen MR) is 154 cm³/mol. The fourth-order valence-electron chi connectivity index (χ4n) is 5.08. The highest BCUT2D eigenvalue weighted by Crippen LogP contribution is 2.34. The van der Waals surface area contributed by atoms with Gasteiger partial charge < -0.3 is 20.5 Å². The van der Waals surface area contributed by atoms with Crippen molar-refractivity contribution < 1.29 is 23.8 Å². The van der Waals surface area contributed by atoms with Crippen LogP contribution in [0.15, 0.2) is 71.9 Å². The van der Waals surface area contributed by atoms with Crippen LogP contribution in [-0.4, -0.2) is 55.8 Å². The molecule has 4 heterocycles. The quantitative estimate of drug-likeness (QED) is 0.325. The van der Waals surface area contributed by atoms with Gasteiger partial charge in [0.1, 0.15) is 17.1 Å². The third-order valence-corrected chi connectivity index (χ3v) is 7.13. The summed E-state index contributed by atoms with van der Waals surface area (Å²) in [7, 11) is 0. The Morgan fingerprint density at radius 1 is 1.17 bits per heavy atom. The van der Waals surface area contributed by atoms with Crippen LogP contribution in [0.2, 0.25) is 0 Å². The second kappa shape index (κ2) is 11.2. The van der Waals surface area contributed by atoms with Gasteiger partial charge in [0.25, 0.3) is 11.8 Å². The van der Waals surface area contributed by atoms with E-state index >= 15 is 0 Å². The molecule has 2 aliphatic rings. The molecule has 0 bridgehead atoms. The second-order valence-corrected chi connectivity index (χ2v) is 10.4. The molecule has 6 rings (SSSR count). The molecule has 2 amide bonds. The van der Waals surface area contributed by atoms with E-state index in [-0.39, 0.29) is 23.2 Å². The van der Waals surface area contributed by atoms with Crippen LogP contribution in [-0.2, 0) is 17.8 Å². The number of rotatable bonds is 6. The summed E-state index contributed by atoms with van der Waals surface area (Å²) in [6.45, 7) is 4.13. The number of nitrogens with zero attached hydrogens (tertiary/aromatic N) is 4. The first kappa shape index (κ1) is 27.3. The standard InChI is InChI=1S/C31H29FN6O4/c1-17(39)15-21-12-11-20(16-33-21)26-24(31-38(37-26)14-13-18(2)42-31)29(40)36-28-30(41)35-27-22(9-6-10-23(27)32)25(34-28)19-7-4-3-5-8-19/h3-12,16-18,28,39H,13-15H2,1-2H3,(H,35,41)(H,36,40)/t17?,18-,28-/m1/s1. The van der Waals surface area contributed by atoms with Gasteiger partial charge >= 0.3 is 0 Å². The number of benzodiazepines with no additional fused rings is 1. The molecule has 0 spiro atoms. The Morgan fingerprint density at radius 2 is 1.98 bits per heavy atom. The van der Waals surface area contributed by atoms with E-state index in [4.69, 9.17) is 4.74 Å². The average Bonchev–Trinajstić information content (AvgIpc) is 3.28. The number of para-hydroxylation sites is 1. The van der Waals surface area contributed by atoms with Gasteiger partial charge in [0.15, 0.2) is 0 Å². The maximum atomic E-state index is 14.9. The molecule has 1 unspecified atom stereocenters. The van der Waals surface area contributed by atoms with E-state index in [0.717, 1.165) is 0 Å². The zero-order chi connectivity index (χ0) is 29.4. The third-order valence-electron chi connectivity index (χ3n) is 7.13. The van der Waals surface area contributed by atoms with Crippen molar-refractivity contribution in [3.63, 3.8) is 0 Å². The molecule has 0 saturated heterocycles. The number of aliphatic hydroxyl groups is 1.